The summed E-state index contributed by atoms with van der Waals surface area (Å²) in [6.07, 6.45) is -2.04. The van der Waals surface area contributed by atoms with Crippen molar-refractivity contribution in [3.05, 3.63) is 58.1 Å². The SMILES string of the molecule is CCC1OC(n2cc(C#CCNC(=O)C(F)(F)F)c(NC(=O)c3ccccc3)nc2=O)CC1OCSC. The second kappa shape index (κ2) is 12.8. The van der Waals surface area contributed by atoms with Crippen molar-refractivity contribution in [3.8, 4) is 11.8 Å². The van der Waals surface area contributed by atoms with Gasteiger partial charge in [0.1, 0.15) is 6.23 Å². The molecular formula is C24H25F3N4O5S. The average molecular weight is 539 g/mol. The third-order valence-electron chi connectivity index (χ3n) is 5.33. The Morgan fingerprint density at radius 2 is 2.03 bits per heavy atom. The Bertz CT molecular complexity index is 1230. The number of rotatable bonds is 8. The number of ether oxygens (including phenoxy) is 2. The Balaban J connectivity index is 1.90. The minimum Gasteiger partial charge on any atom is -0.365 e. The molecule has 3 unspecified atom stereocenters. The molecule has 3 rings (SSSR count). The van der Waals surface area contributed by atoms with Gasteiger partial charge in [-0.3, -0.25) is 14.2 Å². The van der Waals surface area contributed by atoms with E-state index >= 15 is 0 Å². The van der Waals surface area contributed by atoms with Gasteiger partial charge in [0, 0.05) is 18.2 Å². The minimum absolute atomic E-state index is 0.0512. The summed E-state index contributed by atoms with van der Waals surface area (Å²) in [5.74, 6) is 2.55. The number of benzene rings is 1. The molecule has 0 bridgehead atoms. The van der Waals surface area contributed by atoms with E-state index in [2.05, 4.69) is 22.1 Å². The molecule has 3 atom stereocenters. The third-order valence-corrected chi connectivity index (χ3v) is 5.70. The van der Waals surface area contributed by atoms with E-state index in [1.165, 1.54) is 22.5 Å². The number of halogens is 3. The maximum atomic E-state index is 12.9. The zero-order valence-corrected chi connectivity index (χ0v) is 20.8. The van der Waals surface area contributed by atoms with E-state index in [0.29, 0.717) is 24.3 Å². The van der Waals surface area contributed by atoms with Crippen LogP contribution in [-0.2, 0) is 14.3 Å². The van der Waals surface area contributed by atoms with Gasteiger partial charge in [-0.05, 0) is 24.8 Å². The first-order chi connectivity index (χ1) is 17.6. The summed E-state index contributed by atoms with van der Waals surface area (Å²) in [4.78, 5) is 40.5. The second-order valence-electron chi connectivity index (χ2n) is 7.88. The van der Waals surface area contributed by atoms with Crippen LogP contribution in [0, 0.1) is 11.8 Å². The van der Waals surface area contributed by atoms with E-state index in [0.717, 1.165) is 0 Å². The smallest absolute Gasteiger partial charge is 0.365 e. The van der Waals surface area contributed by atoms with Gasteiger partial charge in [0.15, 0.2) is 5.82 Å². The van der Waals surface area contributed by atoms with Crippen LogP contribution in [0.4, 0.5) is 19.0 Å². The molecule has 198 valence electrons. The maximum Gasteiger partial charge on any atom is 0.471 e. The van der Waals surface area contributed by atoms with Crippen LogP contribution >= 0.6 is 11.8 Å². The van der Waals surface area contributed by atoms with E-state index in [1.807, 2.05) is 13.2 Å². The number of thioether (sulfide) groups is 1. The highest BCUT2D eigenvalue weighted by molar-refractivity contribution is 7.98. The highest BCUT2D eigenvalue weighted by atomic mass is 32.2. The highest BCUT2D eigenvalue weighted by Gasteiger charge is 2.38. The normalized spacial score (nSPS) is 19.1. The Labute approximate surface area is 215 Å². The van der Waals surface area contributed by atoms with Gasteiger partial charge in [0.25, 0.3) is 5.91 Å². The number of nitrogens with one attached hydrogen (secondary N) is 2. The molecule has 2 N–H and O–H groups in total. The van der Waals surface area contributed by atoms with Crippen LogP contribution in [0.5, 0.6) is 0 Å². The molecule has 2 amide bonds. The molecule has 0 aliphatic carbocycles. The van der Waals surface area contributed by atoms with Crippen molar-refractivity contribution in [1.82, 2.24) is 14.9 Å². The van der Waals surface area contributed by atoms with Crippen LogP contribution in [-0.4, -0.2) is 58.5 Å². The molecule has 1 aliphatic rings. The molecule has 0 radical (unpaired) electrons. The fourth-order valence-corrected chi connectivity index (χ4v) is 3.87. The first kappa shape index (κ1) is 28.2. The van der Waals surface area contributed by atoms with Crippen LogP contribution < -0.4 is 16.3 Å². The van der Waals surface area contributed by atoms with E-state index in [-0.39, 0.29) is 23.6 Å². The summed E-state index contributed by atoms with van der Waals surface area (Å²) in [6.45, 7) is 1.31. The van der Waals surface area contributed by atoms with Crippen LogP contribution in [0.3, 0.4) is 0 Å². The zero-order chi connectivity index (χ0) is 27.0. The van der Waals surface area contributed by atoms with Gasteiger partial charge in [-0.25, -0.2) is 4.79 Å². The summed E-state index contributed by atoms with van der Waals surface area (Å²) in [7, 11) is 0. The number of alkyl halides is 3. The van der Waals surface area contributed by atoms with Crippen LogP contribution in [0.15, 0.2) is 41.3 Å². The zero-order valence-electron chi connectivity index (χ0n) is 20.0. The molecule has 1 aliphatic heterocycles. The number of nitrogens with zero attached hydrogens (tertiary/aromatic N) is 2. The largest absolute Gasteiger partial charge is 0.471 e. The molecule has 13 heteroatoms. The third kappa shape index (κ3) is 7.58. The van der Waals surface area contributed by atoms with Gasteiger partial charge < -0.3 is 20.1 Å². The van der Waals surface area contributed by atoms with E-state index in [9.17, 15) is 27.6 Å². The summed E-state index contributed by atoms with van der Waals surface area (Å²) in [5.41, 5.74) is -0.372. The van der Waals surface area contributed by atoms with Crippen molar-refractivity contribution in [2.45, 2.75) is 44.4 Å². The van der Waals surface area contributed by atoms with Crippen LogP contribution in [0.25, 0.3) is 0 Å². The summed E-state index contributed by atoms with van der Waals surface area (Å²) < 4.78 is 50.3. The summed E-state index contributed by atoms with van der Waals surface area (Å²) in [5, 5.41) is 4.16. The lowest BCUT2D eigenvalue weighted by molar-refractivity contribution is -0.173. The van der Waals surface area contributed by atoms with Gasteiger partial charge in [-0.15, -0.1) is 11.8 Å². The predicted molar refractivity (Wildman–Crippen MR) is 131 cm³/mol. The fourth-order valence-electron chi connectivity index (χ4n) is 3.56. The van der Waals surface area contributed by atoms with E-state index in [1.54, 1.807) is 35.6 Å². The lowest BCUT2D eigenvalue weighted by Crippen LogP contribution is -2.36. The molecule has 9 nitrogen and oxygen atoms in total. The Hall–Kier alpha value is -3.34. The monoisotopic (exact) mass is 538 g/mol. The number of hydrogen-bond donors (Lipinski definition) is 2. The van der Waals surface area contributed by atoms with Crippen LogP contribution in [0.2, 0.25) is 0 Å². The predicted octanol–water partition coefficient (Wildman–Crippen LogP) is 2.93. The molecule has 1 fully saturated rings. The minimum atomic E-state index is -5.05. The van der Waals surface area contributed by atoms with Gasteiger partial charge in [0.2, 0.25) is 0 Å². The van der Waals surface area contributed by atoms with Crippen molar-refractivity contribution < 1.29 is 32.2 Å². The van der Waals surface area contributed by atoms with E-state index < -0.39 is 36.5 Å². The van der Waals surface area contributed by atoms with Crippen molar-refractivity contribution in [2.75, 3.05) is 24.1 Å². The molecule has 0 spiro atoms. The summed E-state index contributed by atoms with van der Waals surface area (Å²) >= 11 is 1.51. The quantitative estimate of drug-likeness (QED) is 0.393. The van der Waals surface area contributed by atoms with E-state index in [4.69, 9.17) is 9.47 Å². The molecular weight excluding hydrogens is 513 g/mol. The van der Waals surface area contributed by atoms with Gasteiger partial charge in [0.05, 0.1) is 30.3 Å². The van der Waals surface area contributed by atoms with Gasteiger partial charge >= 0.3 is 17.8 Å². The molecule has 1 aromatic carbocycles. The lowest BCUT2D eigenvalue weighted by Gasteiger charge is -2.17. The number of anilines is 1. The average Bonchev–Trinajstić information content (AvgIpc) is 3.29. The molecule has 0 saturated carbocycles. The first-order valence-corrected chi connectivity index (χ1v) is 12.6. The maximum absolute atomic E-state index is 12.9. The molecule has 37 heavy (non-hydrogen) atoms. The van der Waals surface area contributed by atoms with Gasteiger partial charge in [-0.1, -0.05) is 37.0 Å². The number of carbonyl (C=O) groups is 2. The number of hydrogen-bond acceptors (Lipinski definition) is 7. The fraction of sp³-hybridized carbons (Fsp3) is 0.417. The Kier molecular flexibility index (Phi) is 9.73. The van der Waals surface area contributed by atoms with Crippen LogP contribution in [0.1, 0.15) is 41.9 Å². The first-order valence-electron chi connectivity index (χ1n) is 11.2. The van der Waals surface area contributed by atoms with Crippen molar-refractivity contribution in [3.63, 3.8) is 0 Å². The van der Waals surface area contributed by atoms with Crippen molar-refractivity contribution >= 4 is 29.4 Å². The molecule has 2 heterocycles. The second-order valence-corrected chi connectivity index (χ2v) is 8.69. The number of carbonyl (C=O) groups excluding carboxylic acids is 2. The lowest BCUT2D eigenvalue weighted by atomic mass is 10.1. The molecule has 1 aromatic heterocycles. The Morgan fingerprint density at radius 1 is 1.30 bits per heavy atom. The number of amides is 2. The standard InChI is InChI=1S/C24H25F3N4O5S/c1-3-17-18(35-14-37-2)12-19(36-17)31-13-16(10-7-11-28-22(33)24(25,26)27)20(30-23(31)34)29-21(32)15-8-5-4-6-9-15/h4-6,8-9,13,17-19H,3,11-12,14H2,1-2H3,(H,28,33)(H,29,30,32,34). The topological polar surface area (TPSA) is 112 Å². The van der Waals surface area contributed by atoms with Gasteiger partial charge in [-0.2, -0.15) is 18.2 Å². The molecule has 2 aromatic rings. The summed E-state index contributed by atoms with van der Waals surface area (Å²) in [6, 6.07) is 8.15. The highest BCUT2D eigenvalue weighted by Crippen LogP contribution is 2.32. The molecule has 1 saturated heterocycles. The van der Waals surface area contributed by atoms with Crippen molar-refractivity contribution in [1.29, 1.82) is 0 Å². The van der Waals surface area contributed by atoms with Crippen molar-refractivity contribution in [2.24, 2.45) is 0 Å². The number of aromatic nitrogens is 2. The Morgan fingerprint density at radius 3 is 2.68 bits per heavy atom.